The third-order valence-corrected chi connectivity index (χ3v) is 5.45. The van der Waals surface area contributed by atoms with Gasteiger partial charge in [-0.25, -0.2) is 18.4 Å². The maximum Gasteiger partial charge on any atom is 0.226 e. The van der Waals surface area contributed by atoms with Gasteiger partial charge in [-0.2, -0.15) is 0 Å². The van der Waals surface area contributed by atoms with E-state index in [4.69, 9.17) is 0 Å². The fourth-order valence-corrected chi connectivity index (χ4v) is 3.37. The fraction of sp³-hybridized carbons (Fsp3) is 0.167. The molecule has 0 aliphatic heterocycles. The Labute approximate surface area is 165 Å². The zero-order valence-electron chi connectivity index (χ0n) is 14.4. The molecule has 0 aliphatic carbocycles. The maximum absolute atomic E-state index is 12.1. The van der Waals surface area contributed by atoms with Gasteiger partial charge in [0.1, 0.15) is 12.1 Å². The predicted molar refractivity (Wildman–Crippen MR) is 109 cm³/mol. The molecule has 0 aliphatic rings. The number of amides is 1. The summed E-state index contributed by atoms with van der Waals surface area (Å²) < 4.78 is 24.5. The van der Waals surface area contributed by atoms with Gasteiger partial charge in [-0.15, -0.1) is 0 Å². The monoisotopic (exact) mass is 448 g/mol. The lowest BCUT2D eigenvalue weighted by atomic mass is 10.2. The number of anilines is 2. The van der Waals surface area contributed by atoms with Gasteiger partial charge in [0.25, 0.3) is 0 Å². The summed E-state index contributed by atoms with van der Waals surface area (Å²) >= 11 is 3.34. The van der Waals surface area contributed by atoms with E-state index in [1.807, 2.05) is 12.1 Å². The molecule has 0 radical (unpaired) electrons. The molecule has 1 aromatic heterocycles. The van der Waals surface area contributed by atoms with Gasteiger partial charge in [-0.3, -0.25) is 4.79 Å². The van der Waals surface area contributed by atoms with Crippen molar-refractivity contribution in [1.29, 1.82) is 0 Å². The molecule has 0 bridgehead atoms. The van der Waals surface area contributed by atoms with E-state index in [9.17, 15) is 13.2 Å². The Morgan fingerprint density at radius 1 is 1.11 bits per heavy atom. The number of halogens is 1. The highest BCUT2D eigenvalue weighted by Crippen LogP contribution is 2.23. The number of fused-ring (bicyclic) bond motifs is 1. The minimum absolute atomic E-state index is 0.139. The van der Waals surface area contributed by atoms with Crippen LogP contribution in [-0.4, -0.2) is 37.1 Å². The summed E-state index contributed by atoms with van der Waals surface area (Å²) in [5, 5.41) is 6.48. The number of nitrogens with zero attached hydrogens (tertiary/aromatic N) is 2. The van der Waals surface area contributed by atoms with Crippen LogP contribution in [0, 0.1) is 0 Å². The highest BCUT2D eigenvalue weighted by Gasteiger charge is 2.11. The van der Waals surface area contributed by atoms with Crippen molar-refractivity contribution in [2.75, 3.05) is 23.4 Å². The van der Waals surface area contributed by atoms with Crippen LogP contribution in [0.3, 0.4) is 0 Å². The zero-order chi connectivity index (χ0) is 19.4. The van der Waals surface area contributed by atoms with Crippen LogP contribution < -0.4 is 10.6 Å². The van der Waals surface area contributed by atoms with Crippen LogP contribution in [0.1, 0.15) is 6.42 Å². The summed E-state index contributed by atoms with van der Waals surface area (Å²) in [6, 6.07) is 12.0. The second kappa shape index (κ2) is 8.01. The van der Waals surface area contributed by atoms with Crippen LogP contribution in [-0.2, 0) is 14.6 Å². The van der Waals surface area contributed by atoms with Gasteiger partial charge in [0.15, 0.2) is 9.84 Å². The SMILES string of the molecule is CS(=O)(=O)c1ccc2ncnc(NCCC(=O)Nc3ccc(Br)cc3)c2c1. The lowest BCUT2D eigenvalue weighted by Gasteiger charge is -2.10. The standard InChI is InChI=1S/C18H17BrN4O3S/c1-27(25,26)14-6-7-16-15(10-14)18(22-11-21-16)20-9-8-17(24)23-13-4-2-12(19)3-5-13/h2-7,10-11H,8-9H2,1H3,(H,23,24)(H,20,21,22). The van der Waals surface area contributed by atoms with Crippen LogP contribution in [0.4, 0.5) is 11.5 Å². The second-order valence-corrected chi connectivity index (χ2v) is 8.84. The van der Waals surface area contributed by atoms with Crippen molar-refractivity contribution >= 4 is 54.1 Å². The van der Waals surface area contributed by atoms with Crippen LogP contribution in [0.2, 0.25) is 0 Å². The predicted octanol–water partition coefficient (Wildman–Crippen LogP) is 3.24. The summed E-state index contributed by atoms with van der Waals surface area (Å²) in [5.74, 6) is 0.349. The van der Waals surface area contributed by atoms with Gasteiger partial charge in [0.05, 0.1) is 10.4 Å². The Bertz CT molecular complexity index is 1090. The first-order valence-corrected chi connectivity index (χ1v) is 10.8. The largest absolute Gasteiger partial charge is 0.369 e. The number of carbonyl (C=O) groups excluding carboxylic acids is 1. The Morgan fingerprint density at radius 2 is 1.85 bits per heavy atom. The number of carbonyl (C=O) groups is 1. The molecule has 0 unspecified atom stereocenters. The van der Waals surface area contributed by atoms with Crippen molar-refractivity contribution in [1.82, 2.24) is 9.97 Å². The Kier molecular flexibility index (Phi) is 5.71. The van der Waals surface area contributed by atoms with Crippen LogP contribution in [0.25, 0.3) is 10.9 Å². The van der Waals surface area contributed by atoms with Crippen LogP contribution >= 0.6 is 15.9 Å². The highest BCUT2D eigenvalue weighted by molar-refractivity contribution is 9.10. The molecule has 0 fully saturated rings. The molecule has 0 saturated carbocycles. The average molecular weight is 449 g/mol. The molecule has 2 aromatic carbocycles. The number of benzene rings is 2. The first-order chi connectivity index (χ1) is 12.8. The van der Waals surface area contributed by atoms with Crippen molar-refractivity contribution in [2.24, 2.45) is 0 Å². The van der Waals surface area contributed by atoms with Gasteiger partial charge >= 0.3 is 0 Å². The van der Waals surface area contributed by atoms with E-state index in [-0.39, 0.29) is 17.2 Å². The Balaban J connectivity index is 1.67. The molecule has 1 amide bonds. The molecule has 3 aromatic rings. The summed E-state index contributed by atoms with van der Waals surface area (Å²) in [6.45, 7) is 0.345. The van der Waals surface area contributed by atoms with Crippen LogP contribution in [0.15, 0.2) is 58.2 Å². The Hall–Kier alpha value is -2.52. The first kappa shape index (κ1) is 19.2. The van der Waals surface area contributed by atoms with E-state index < -0.39 is 9.84 Å². The molecule has 3 rings (SSSR count). The molecular formula is C18H17BrN4O3S. The molecule has 1 heterocycles. The number of hydrogen-bond donors (Lipinski definition) is 2. The van der Waals surface area contributed by atoms with E-state index in [0.717, 1.165) is 10.7 Å². The van der Waals surface area contributed by atoms with Crippen LogP contribution in [0.5, 0.6) is 0 Å². The molecule has 0 spiro atoms. The van der Waals surface area contributed by atoms with Gasteiger partial charge in [0, 0.05) is 34.8 Å². The van der Waals surface area contributed by atoms with Gasteiger partial charge in [0.2, 0.25) is 5.91 Å². The molecule has 9 heteroatoms. The van der Waals surface area contributed by atoms with Crippen molar-refractivity contribution in [3.05, 3.63) is 53.3 Å². The van der Waals surface area contributed by atoms with E-state index in [1.165, 1.54) is 18.5 Å². The molecule has 7 nitrogen and oxygen atoms in total. The molecular weight excluding hydrogens is 432 g/mol. The first-order valence-electron chi connectivity index (χ1n) is 8.07. The number of hydrogen-bond acceptors (Lipinski definition) is 6. The van der Waals surface area contributed by atoms with Gasteiger partial charge in [-0.1, -0.05) is 15.9 Å². The van der Waals surface area contributed by atoms with Crippen molar-refractivity contribution in [2.45, 2.75) is 11.3 Å². The zero-order valence-corrected chi connectivity index (χ0v) is 16.8. The summed E-state index contributed by atoms with van der Waals surface area (Å²) in [7, 11) is -3.33. The van der Waals surface area contributed by atoms with E-state index in [2.05, 4.69) is 36.5 Å². The molecule has 0 saturated heterocycles. The third-order valence-electron chi connectivity index (χ3n) is 3.81. The van der Waals surface area contributed by atoms with Crippen molar-refractivity contribution in [3.63, 3.8) is 0 Å². The normalized spacial score (nSPS) is 11.3. The topological polar surface area (TPSA) is 101 Å². The quantitative estimate of drug-likeness (QED) is 0.599. The van der Waals surface area contributed by atoms with Crippen molar-refractivity contribution < 1.29 is 13.2 Å². The third kappa shape index (κ3) is 5.01. The number of nitrogens with one attached hydrogen (secondary N) is 2. The van der Waals surface area contributed by atoms with E-state index >= 15 is 0 Å². The lowest BCUT2D eigenvalue weighted by Crippen LogP contribution is -2.16. The van der Waals surface area contributed by atoms with E-state index in [1.54, 1.807) is 18.2 Å². The van der Waals surface area contributed by atoms with E-state index in [0.29, 0.717) is 29.0 Å². The molecule has 27 heavy (non-hydrogen) atoms. The molecule has 140 valence electrons. The molecule has 0 atom stereocenters. The fourth-order valence-electron chi connectivity index (χ4n) is 2.46. The Morgan fingerprint density at radius 3 is 2.56 bits per heavy atom. The van der Waals surface area contributed by atoms with Gasteiger partial charge in [-0.05, 0) is 42.5 Å². The minimum atomic E-state index is -3.33. The number of aromatic nitrogens is 2. The lowest BCUT2D eigenvalue weighted by molar-refractivity contribution is -0.115. The summed E-state index contributed by atoms with van der Waals surface area (Å²) in [5.41, 5.74) is 1.34. The smallest absolute Gasteiger partial charge is 0.226 e. The van der Waals surface area contributed by atoms with Gasteiger partial charge < -0.3 is 10.6 Å². The van der Waals surface area contributed by atoms with Crippen molar-refractivity contribution in [3.8, 4) is 0 Å². The second-order valence-electron chi connectivity index (χ2n) is 5.91. The number of rotatable bonds is 6. The molecule has 2 N–H and O–H groups in total. The maximum atomic E-state index is 12.1. The highest BCUT2D eigenvalue weighted by atomic mass is 79.9. The summed E-state index contributed by atoms with van der Waals surface area (Å²) in [4.78, 5) is 20.6. The number of sulfone groups is 1. The summed E-state index contributed by atoms with van der Waals surface area (Å²) in [6.07, 6.45) is 2.78. The minimum Gasteiger partial charge on any atom is -0.369 e. The average Bonchev–Trinajstić information content (AvgIpc) is 2.62.